The predicted molar refractivity (Wildman–Crippen MR) is 114 cm³/mol. The van der Waals surface area contributed by atoms with Crippen LogP contribution < -0.4 is 0 Å². The van der Waals surface area contributed by atoms with Gasteiger partial charge in [0, 0.05) is 13.6 Å². The van der Waals surface area contributed by atoms with Crippen molar-refractivity contribution in [3.63, 3.8) is 0 Å². The number of aryl methyl sites for hydroxylation is 1. The van der Waals surface area contributed by atoms with Gasteiger partial charge >= 0.3 is 0 Å². The van der Waals surface area contributed by atoms with Gasteiger partial charge in [0.1, 0.15) is 18.3 Å². The van der Waals surface area contributed by atoms with E-state index >= 15 is 0 Å². The minimum atomic E-state index is -3.90. The molecule has 0 aliphatic heterocycles. The maximum absolute atomic E-state index is 12.7. The Morgan fingerprint density at radius 2 is 1.40 bits per heavy atom. The molecule has 1 aromatic rings. The van der Waals surface area contributed by atoms with Gasteiger partial charge in [0.2, 0.25) is 10.0 Å². The highest BCUT2D eigenvalue weighted by Crippen LogP contribution is 2.18. The van der Waals surface area contributed by atoms with Gasteiger partial charge in [-0.3, -0.25) is 0 Å². The Bertz CT molecular complexity index is 696. The fourth-order valence-electron chi connectivity index (χ4n) is 3.15. The van der Waals surface area contributed by atoms with Crippen molar-refractivity contribution in [2.24, 2.45) is 0 Å². The first-order valence-electron chi connectivity index (χ1n) is 10.5. The molecule has 0 aliphatic rings. The number of likely N-dealkylation sites (N-methyl/N-ethyl adjacent to an activating group) is 1. The van der Waals surface area contributed by atoms with Crippen molar-refractivity contribution < 1.29 is 34.0 Å². The molecule has 8 nitrogen and oxygen atoms in total. The highest BCUT2D eigenvalue weighted by Gasteiger charge is 2.33. The van der Waals surface area contributed by atoms with Crippen LogP contribution in [0.25, 0.3) is 0 Å². The summed E-state index contributed by atoms with van der Waals surface area (Å²) in [6.45, 7) is 0.892. The van der Waals surface area contributed by atoms with Gasteiger partial charge < -0.3 is 25.5 Å². The Kier molecular flexibility index (Phi) is 12.0. The summed E-state index contributed by atoms with van der Waals surface area (Å²) in [7, 11) is -2.65. The lowest BCUT2D eigenvalue weighted by molar-refractivity contribution is -0.116. The van der Waals surface area contributed by atoms with Gasteiger partial charge in [0.15, 0.2) is 0 Å². The topological polar surface area (TPSA) is 139 Å². The summed E-state index contributed by atoms with van der Waals surface area (Å²) in [5.74, 6) is 0. The zero-order chi connectivity index (χ0) is 22.7. The summed E-state index contributed by atoms with van der Waals surface area (Å²) in [6.07, 6.45) is 1.12. The van der Waals surface area contributed by atoms with Crippen molar-refractivity contribution in [3.05, 3.63) is 29.8 Å². The van der Waals surface area contributed by atoms with Gasteiger partial charge in [-0.15, -0.1) is 0 Å². The highest BCUT2D eigenvalue weighted by molar-refractivity contribution is 7.89. The number of nitrogens with zero attached hydrogens (tertiary/aromatic N) is 1. The fraction of sp³-hybridized carbons (Fsp3) is 0.714. The van der Waals surface area contributed by atoms with Crippen LogP contribution in [0, 0.1) is 0 Å². The van der Waals surface area contributed by atoms with E-state index in [1.54, 1.807) is 12.1 Å². The van der Waals surface area contributed by atoms with E-state index in [1.807, 2.05) is 0 Å². The Morgan fingerprint density at radius 1 is 0.867 bits per heavy atom. The Balaban J connectivity index is 2.63. The molecule has 0 amide bonds. The molecule has 0 saturated heterocycles. The molecule has 0 unspecified atom stereocenters. The van der Waals surface area contributed by atoms with Crippen LogP contribution in [0.3, 0.4) is 0 Å². The van der Waals surface area contributed by atoms with E-state index in [-0.39, 0.29) is 4.90 Å². The van der Waals surface area contributed by atoms with Crippen LogP contribution in [0.5, 0.6) is 0 Å². The summed E-state index contributed by atoms with van der Waals surface area (Å²) in [4.78, 5) is 0.0642. The Morgan fingerprint density at radius 3 is 1.97 bits per heavy atom. The molecule has 0 aromatic heterocycles. The van der Waals surface area contributed by atoms with Gasteiger partial charge in [-0.2, -0.15) is 4.31 Å². The second-order valence-corrected chi connectivity index (χ2v) is 9.79. The van der Waals surface area contributed by atoms with E-state index in [0.29, 0.717) is 0 Å². The van der Waals surface area contributed by atoms with Crippen LogP contribution in [-0.4, -0.2) is 82.9 Å². The average Bonchev–Trinajstić information content (AvgIpc) is 2.74. The average molecular weight is 448 g/mol. The molecular weight excluding hydrogens is 410 g/mol. The molecule has 0 heterocycles. The van der Waals surface area contributed by atoms with Crippen molar-refractivity contribution in [1.29, 1.82) is 0 Å². The maximum Gasteiger partial charge on any atom is 0.242 e. The molecule has 9 heteroatoms. The number of aliphatic hydroxyl groups is 5. The molecule has 0 saturated carbocycles. The van der Waals surface area contributed by atoms with E-state index in [9.17, 15) is 28.8 Å². The zero-order valence-electron chi connectivity index (χ0n) is 17.9. The number of hydrogen-bond donors (Lipinski definition) is 5. The standard InChI is InChI=1S/C21H37NO7S/c1-3-4-5-6-7-8-9-16-10-12-17(13-11-16)30(28,29)22(2)14-18(24)20(26)21(27)19(25)15-23/h10-13,18-21,23-27H,3-9,14-15H2,1-2H3/t18-,19+,20+,21+/m0/s1. The van der Waals surface area contributed by atoms with Gasteiger partial charge in [-0.1, -0.05) is 51.2 Å². The summed E-state index contributed by atoms with van der Waals surface area (Å²) < 4.78 is 26.3. The molecule has 0 spiro atoms. The lowest BCUT2D eigenvalue weighted by Crippen LogP contribution is -2.49. The SMILES string of the molecule is CCCCCCCCc1ccc(S(=O)(=O)N(C)C[C@H](O)[C@@H](O)[C@H](O)[C@H](O)CO)cc1. The van der Waals surface area contributed by atoms with E-state index in [2.05, 4.69) is 6.92 Å². The molecule has 1 rings (SSSR count). The lowest BCUT2D eigenvalue weighted by atomic mass is 10.0. The van der Waals surface area contributed by atoms with Crippen molar-refractivity contribution in [1.82, 2.24) is 4.31 Å². The molecule has 30 heavy (non-hydrogen) atoms. The fourth-order valence-corrected chi connectivity index (χ4v) is 4.34. The summed E-state index contributed by atoms with van der Waals surface area (Å²) in [5.41, 5.74) is 1.06. The molecule has 0 fully saturated rings. The number of aliphatic hydroxyl groups excluding tert-OH is 5. The lowest BCUT2D eigenvalue weighted by Gasteiger charge is -2.28. The van der Waals surface area contributed by atoms with Crippen LogP contribution >= 0.6 is 0 Å². The van der Waals surface area contributed by atoms with Gasteiger partial charge in [0.05, 0.1) is 17.6 Å². The summed E-state index contributed by atoms with van der Waals surface area (Å²) >= 11 is 0. The molecule has 0 radical (unpaired) electrons. The second-order valence-electron chi connectivity index (χ2n) is 7.75. The minimum absolute atomic E-state index is 0.0642. The Labute approximate surface area is 179 Å². The van der Waals surface area contributed by atoms with Crippen LogP contribution in [-0.2, 0) is 16.4 Å². The number of unbranched alkanes of at least 4 members (excludes halogenated alkanes) is 5. The summed E-state index contributed by atoms with van der Waals surface area (Å²) in [5, 5.41) is 47.7. The molecular formula is C21H37NO7S. The third-order valence-corrected chi connectivity index (χ3v) is 7.06. The number of sulfonamides is 1. The summed E-state index contributed by atoms with van der Waals surface area (Å²) in [6, 6.07) is 6.59. The highest BCUT2D eigenvalue weighted by atomic mass is 32.2. The van der Waals surface area contributed by atoms with Gasteiger partial charge in [-0.05, 0) is 30.5 Å². The van der Waals surface area contributed by atoms with Crippen molar-refractivity contribution in [2.75, 3.05) is 20.2 Å². The van der Waals surface area contributed by atoms with Crippen molar-refractivity contribution >= 4 is 10.0 Å². The molecule has 174 valence electrons. The number of hydrogen-bond acceptors (Lipinski definition) is 7. The molecule has 1 aromatic carbocycles. The van der Waals surface area contributed by atoms with Crippen LogP contribution in [0.1, 0.15) is 51.0 Å². The first kappa shape index (κ1) is 27.0. The van der Waals surface area contributed by atoms with Gasteiger partial charge in [-0.25, -0.2) is 8.42 Å². The Hall–Kier alpha value is -1.07. The molecule has 4 atom stereocenters. The van der Waals surface area contributed by atoms with E-state index < -0.39 is 47.6 Å². The molecule has 5 N–H and O–H groups in total. The number of benzene rings is 1. The van der Waals surface area contributed by atoms with E-state index in [1.165, 1.54) is 44.9 Å². The molecule has 0 bridgehead atoms. The first-order chi connectivity index (χ1) is 14.1. The minimum Gasteiger partial charge on any atom is -0.394 e. The maximum atomic E-state index is 12.7. The van der Waals surface area contributed by atoms with Crippen LogP contribution in [0.15, 0.2) is 29.2 Å². The van der Waals surface area contributed by atoms with E-state index in [4.69, 9.17) is 5.11 Å². The smallest absolute Gasteiger partial charge is 0.242 e. The predicted octanol–water partition coefficient (Wildman–Crippen LogP) is 0.646. The third-order valence-electron chi connectivity index (χ3n) is 5.22. The monoisotopic (exact) mass is 447 g/mol. The van der Waals surface area contributed by atoms with Crippen molar-refractivity contribution in [3.8, 4) is 0 Å². The van der Waals surface area contributed by atoms with Crippen LogP contribution in [0.4, 0.5) is 0 Å². The first-order valence-corrected chi connectivity index (χ1v) is 12.0. The quantitative estimate of drug-likeness (QED) is 0.249. The molecule has 0 aliphatic carbocycles. The number of rotatable bonds is 15. The van der Waals surface area contributed by atoms with E-state index in [0.717, 1.165) is 29.1 Å². The van der Waals surface area contributed by atoms with Crippen molar-refractivity contribution in [2.45, 2.75) is 81.2 Å². The normalized spacial score (nSPS) is 16.4. The van der Waals surface area contributed by atoms with Gasteiger partial charge in [0.25, 0.3) is 0 Å². The zero-order valence-corrected chi connectivity index (χ0v) is 18.7. The largest absolute Gasteiger partial charge is 0.394 e. The second kappa shape index (κ2) is 13.4. The third kappa shape index (κ3) is 8.22. The van der Waals surface area contributed by atoms with Crippen LogP contribution in [0.2, 0.25) is 0 Å².